The summed E-state index contributed by atoms with van der Waals surface area (Å²) in [6.45, 7) is 0.740. The highest BCUT2D eigenvalue weighted by Crippen LogP contribution is 2.40. The summed E-state index contributed by atoms with van der Waals surface area (Å²) in [6, 6.07) is -0.422. The summed E-state index contributed by atoms with van der Waals surface area (Å²) in [4.78, 5) is 12.2. The Balaban J connectivity index is 2.42. The number of nitrogens with two attached hydrogens (primary N) is 1. The van der Waals surface area contributed by atoms with E-state index in [2.05, 4.69) is 0 Å². The van der Waals surface area contributed by atoms with Crippen LogP contribution in [-0.4, -0.2) is 36.2 Å². The number of urea groups is 1. The third kappa shape index (κ3) is 1.69. The molecule has 1 aliphatic carbocycles. The number of carbonyl (C=O) groups is 1. The molecule has 0 aliphatic heterocycles. The predicted octanol–water partition coefficient (Wildman–Crippen LogP) is 0.160. The van der Waals surface area contributed by atoms with Crippen molar-refractivity contribution in [2.45, 2.75) is 19.3 Å². The molecule has 0 aromatic heterocycles. The number of primary amides is 1. The normalized spacial score (nSPS) is 19.8. The number of rotatable bonds is 3. The number of hydrogen-bond acceptors (Lipinski definition) is 2. The summed E-state index contributed by atoms with van der Waals surface area (Å²) in [5.74, 6) is 0. The molecule has 1 aliphatic rings. The Bertz CT molecular complexity index is 172. The predicted molar refractivity (Wildman–Crippen MR) is 45.6 cm³/mol. The first-order chi connectivity index (χ1) is 5.59. The van der Waals surface area contributed by atoms with Gasteiger partial charge in [0.25, 0.3) is 0 Å². The molecule has 0 atom stereocenters. The fraction of sp³-hybridized carbons (Fsp3) is 0.875. The van der Waals surface area contributed by atoms with Crippen LogP contribution in [0.15, 0.2) is 0 Å². The zero-order valence-corrected chi connectivity index (χ0v) is 7.42. The number of aliphatic hydroxyl groups excluding tert-OH is 1. The standard InChI is InChI=1S/C8H16N2O2/c1-10(7(9)12)5-8(6-11)3-2-4-8/h11H,2-6H2,1H3,(H2,9,12). The molecule has 0 saturated heterocycles. The van der Waals surface area contributed by atoms with Crippen LogP contribution in [0.1, 0.15) is 19.3 Å². The minimum Gasteiger partial charge on any atom is -0.396 e. The van der Waals surface area contributed by atoms with Crippen LogP contribution in [0.25, 0.3) is 0 Å². The van der Waals surface area contributed by atoms with Crippen molar-refractivity contribution in [2.75, 3.05) is 20.2 Å². The van der Waals surface area contributed by atoms with Gasteiger partial charge in [0.05, 0.1) is 6.61 Å². The van der Waals surface area contributed by atoms with Crippen molar-refractivity contribution in [2.24, 2.45) is 11.1 Å². The van der Waals surface area contributed by atoms with E-state index in [-0.39, 0.29) is 12.0 Å². The van der Waals surface area contributed by atoms with Crippen molar-refractivity contribution in [3.05, 3.63) is 0 Å². The molecule has 2 amide bonds. The van der Waals surface area contributed by atoms with E-state index < -0.39 is 6.03 Å². The summed E-state index contributed by atoms with van der Waals surface area (Å²) in [5, 5.41) is 9.09. The molecule has 1 saturated carbocycles. The Labute approximate surface area is 72.3 Å². The molecule has 4 heteroatoms. The molecular weight excluding hydrogens is 156 g/mol. The second kappa shape index (κ2) is 3.31. The maximum atomic E-state index is 10.7. The zero-order valence-electron chi connectivity index (χ0n) is 7.42. The average Bonchev–Trinajstić information content (AvgIpc) is 1.96. The summed E-state index contributed by atoms with van der Waals surface area (Å²) in [5.41, 5.74) is 5.03. The van der Waals surface area contributed by atoms with Crippen molar-refractivity contribution in [1.82, 2.24) is 4.90 Å². The minimum absolute atomic E-state index is 0.0518. The summed E-state index contributed by atoms with van der Waals surface area (Å²) in [7, 11) is 1.66. The number of amides is 2. The molecule has 0 heterocycles. The Kier molecular flexibility index (Phi) is 2.57. The molecule has 1 fully saturated rings. The maximum Gasteiger partial charge on any atom is 0.314 e. The van der Waals surface area contributed by atoms with Gasteiger partial charge in [-0.25, -0.2) is 4.79 Å². The maximum absolute atomic E-state index is 10.7. The van der Waals surface area contributed by atoms with E-state index in [4.69, 9.17) is 10.8 Å². The fourth-order valence-electron chi connectivity index (χ4n) is 1.62. The molecule has 0 spiro atoms. The van der Waals surface area contributed by atoms with Gasteiger partial charge < -0.3 is 15.7 Å². The Morgan fingerprint density at radius 2 is 2.25 bits per heavy atom. The van der Waals surface area contributed by atoms with Gasteiger partial charge in [0.1, 0.15) is 0 Å². The van der Waals surface area contributed by atoms with Crippen molar-refractivity contribution >= 4 is 6.03 Å². The largest absolute Gasteiger partial charge is 0.396 e. The quantitative estimate of drug-likeness (QED) is 0.636. The molecule has 0 aromatic carbocycles. The molecular formula is C8H16N2O2. The lowest BCUT2D eigenvalue weighted by atomic mass is 9.69. The van der Waals surface area contributed by atoms with Crippen LogP contribution < -0.4 is 5.73 Å². The van der Waals surface area contributed by atoms with E-state index >= 15 is 0 Å². The molecule has 0 radical (unpaired) electrons. The van der Waals surface area contributed by atoms with Gasteiger partial charge in [-0.1, -0.05) is 6.42 Å². The molecule has 0 aromatic rings. The summed E-state index contributed by atoms with van der Waals surface area (Å²) >= 11 is 0. The molecule has 4 nitrogen and oxygen atoms in total. The van der Waals surface area contributed by atoms with E-state index in [9.17, 15) is 4.79 Å². The van der Waals surface area contributed by atoms with Gasteiger partial charge in [0.2, 0.25) is 0 Å². The van der Waals surface area contributed by atoms with Crippen LogP contribution >= 0.6 is 0 Å². The van der Waals surface area contributed by atoms with Gasteiger partial charge in [0, 0.05) is 19.0 Å². The highest BCUT2D eigenvalue weighted by Gasteiger charge is 2.37. The van der Waals surface area contributed by atoms with E-state index in [1.807, 2.05) is 0 Å². The van der Waals surface area contributed by atoms with E-state index in [0.29, 0.717) is 6.54 Å². The molecule has 0 unspecified atom stereocenters. The lowest BCUT2D eigenvalue weighted by Crippen LogP contribution is -2.46. The number of nitrogens with zero attached hydrogens (tertiary/aromatic N) is 1. The third-order valence-electron chi connectivity index (χ3n) is 2.70. The van der Waals surface area contributed by atoms with Gasteiger partial charge in [-0.15, -0.1) is 0 Å². The van der Waals surface area contributed by atoms with Crippen LogP contribution in [0.2, 0.25) is 0 Å². The number of aliphatic hydroxyl groups is 1. The summed E-state index contributed by atoms with van der Waals surface area (Å²) < 4.78 is 0. The van der Waals surface area contributed by atoms with Crippen LogP contribution in [0.5, 0.6) is 0 Å². The van der Waals surface area contributed by atoms with Crippen LogP contribution in [-0.2, 0) is 0 Å². The second-order valence-electron chi connectivity index (χ2n) is 3.71. The summed E-state index contributed by atoms with van der Waals surface area (Å²) in [6.07, 6.45) is 3.15. The molecule has 70 valence electrons. The number of hydrogen-bond donors (Lipinski definition) is 2. The van der Waals surface area contributed by atoms with Crippen molar-refractivity contribution < 1.29 is 9.90 Å². The monoisotopic (exact) mass is 172 g/mol. The Hall–Kier alpha value is -0.770. The van der Waals surface area contributed by atoms with Gasteiger partial charge in [-0.3, -0.25) is 0 Å². The first kappa shape index (κ1) is 9.32. The lowest BCUT2D eigenvalue weighted by molar-refractivity contribution is 0.0239. The first-order valence-corrected chi connectivity index (χ1v) is 4.21. The molecule has 12 heavy (non-hydrogen) atoms. The van der Waals surface area contributed by atoms with Gasteiger partial charge >= 0.3 is 6.03 Å². The number of carbonyl (C=O) groups excluding carboxylic acids is 1. The van der Waals surface area contributed by atoms with Gasteiger partial charge in [0.15, 0.2) is 0 Å². The Morgan fingerprint density at radius 1 is 1.67 bits per heavy atom. The van der Waals surface area contributed by atoms with E-state index in [0.717, 1.165) is 19.3 Å². The van der Waals surface area contributed by atoms with Crippen LogP contribution in [0.3, 0.4) is 0 Å². The highest BCUT2D eigenvalue weighted by atomic mass is 16.3. The first-order valence-electron chi connectivity index (χ1n) is 4.21. The molecule has 0 bridgehead atoms. The second-order valence-corrected chi connectivity index (χ2v) is 3.71. The zero-order chi connectivity index (χ0) is 9.19. The van der Waals surface area contributed by atoms with Gasteiger partial charge in [-0.2, -0.15) is 0 Å². The van der Waals surface area contributed by atoms with Crippen molar-refractivity contribution in [1.29, 1.82) is 0 Å². The van der Waals surface area contributed by atoms with E-state index in [1.54, 1.807) is 7.05 Å². The van der Waals surface area contributed by atoms with Crippen molar-refractivity contribution in [3.8, 4) is 0 Å². The van der Waals surface area contributed by atoms with Crippen LogP contribution in [0.4, 0.5) is 4.79 Å². The Morgan fingerprint density at radius 3 is 2.50 bits per heavy atom. The smallest absolute Gasteiger partial charge is 0.314 e. The van der Waals surface area contributed by atoms with Crippen molar-refractivity contribution in [3.63, 3.8) is 0 Å². The SMILES string of the molecule is CN(CC1(CO)CCC1)C(N)=O. The molecule has 1 rings (SSSR count). The minimum atomic E-state index is -0.422. The van der Waals surface area contributed by atoms with Gasteiger partial charge in [-0.05, 0) is 12.8 Å². The average molecular weight is 172 g/mol. The highest BCUT2D eigenvalue weighted by molar-refractivity contribution is 5.71. The third-order valence-corrected chi connectivity index (χ3v) is 2.70. The fourth-order valence-corrected chi connectivity index (χ4v) is 1.62. The molecule has 3 N–H and O–H groups in total. The van der Waals surface area contributed by atoms with Crippen LogP contribution in [0, 0.1) is 5.41 Å². The lowest BCUT2D eigenvalue weighted by Gasteiger charge is -2.42. The topological polar surface area (TPSA) is 66.6 Å². The van der Waals surface area contributed by atoms with E-state index in [1.165, 1.54) is 4.90 Å².